The van der Waals surface area contributed by atoms with Crippen LogP contribution in [0.25, 0.3) is 0 Å². The predicted octanol–water partition coefficient (Wildman–Crippen LogP) is 4.19. The quantitative estimate of drug-likeness (QED) is 0.399. The topological polar surface area (TPSA) is 119 Å². The maximum Gasteiger partial charge on any atom is 0.410 e. The Hall–Kier alpha value is -1.11. The molecule has 8 nitrogen and oxygen atoms in total. The largest absolute Gasteiger partial charge is 0.444 e. The number of rotatable bonds is 7. The maximum atomic E-state index is 13.1. The van der Waals surface area contributed by atoms with Crippen LogP contribution in [0.1, 0.15) is 48.0 Å². The third-order valence-corrected chi connectivity index (χ3v) is 13.2. The second kappa shape index (κ2) is 10.1. The van der Waals surface area contributed by atoms with Gasteiger partial charge in [-0.1, -0.05) is 32.9 Å². The van der Waals surface area contributed by atoms with Crippen LogP contribution in [-0.2, 0) is 19.2 Å². The Bertz CT molecular complexity index is 988. The van der Waals surface area contributed by atoms with Crippen molar-refractivity contribution in [1.82, 2.24) is 4.90 Å². The van der Waals surface area contributed by atoms with Crippen LogP contribution in [0.2, 0.25) is 18.1 Å². The van der Waals surface area contributed by atoms with E-state index in [9.17, 15) is 18.3 Å². The molecule has 1 aromatic rings. The molecule has 194 valence electrons. The van der Waals surface area contributed by atoms with E-state index in [0.29, 0.717) is 17.1 Å². The number of nitrogens with two attached hydrogens (primary N) is 1. The molecule has 0 aliphatic carbocycles. The van der Waals surface area contributed by atoms with Gasteiger partial charge in [0.05, 0.1) is 23.6 Å². The van der Waals surface area contributed by atoms with E-state index in [1.807, 2.05) is 0 Å². The van der Waals surface area contributed by atoms with Crippen LogP contribution in [0.5, 0.6) is 0 Å². The van der Waals surface area contributed by atoms with Gasteiger partial charge in [0.15, 0.2) is 8.32 Å². The van der Waals surface area contributed by atoms with Crippen molar-refractivity contribution < 1.29 is 27.5 Å². The van der Waals surface area contributed by atoms with Gasteiger partial charge in [-0.3, -0.25) is 0 Å². The Kier molecular flexibility index (Phi) is 8.65. The zero-order valence-corrected chi connectivity index (χ0v) is 24.2. The zero-order chi connectivity index (χ0) is 26.2. The van der Waals surface area contributed by atoms with E-state index in [-0.39, 0.29) is 29.1 Å². The number of thioether (sulfide) groups is 1. The summed E-state index contributed by atoms with van der Waals surface area (Å²) in [5, 5.41) is 15.8. The van der Waals surface area contributed by atoms with Crippen LogP contribution in [0, 0.1) is 0 Å². The number of likely N-dealkylation sites (tertiary alicyclic amines) is 1. The normalized spacial score (nSPS) is 22.2. The fraction of sp³-hybridized carbons (Fsp3) is 0.696. The number of sulfonamides is 1. The summed E-state index contributed by atoms with van der Waals surface area (Å²) in [7, 11) is -6.15. The molecule has 2 rings (SSSR count). The Balaban J connectivity index is 2.36. The molecule has 1 aromatic carbocycles. The number of carbonyl (C=O) groups is 1. The molecular weight excluding hydrogens is 492 g/mol. The first-order valence-electron chi connectivity index (χ1n) is 11.4. The number of benzene rings is 1. The first-order valence-corrected chi connectivity index (χ1v) is 16.8. The molecule has 0 bridgehead atoms. The summed E-state index contributed by atoms with van der Waals surface area (Å²) in [5.74, 6) is 0.397. The molecule has 0 spiro atoms. The Morgan fingerprint density at radius 2 is 1.82 bits per heavy atom. The van der Waals surface area contributed by atoms with E-state index < -0.39 is 35.6 Å². The number of ether oxygens (including phenoxy) is 1. The van der Waals surface area contributed by atoms with Gasteiger partial charge in [0.25, 0.3) is 0 Å². The van der Waals surface area contributed by atoms with Crippen molar-refractivity contribution in [3.8, 4) is 0 Å². The highest BCUT2D eigenvalue weighted by Crippen LogP contribution is 2.43. The number of nitrogens with zero attached hydrogens (tertiary/aromatic N) is 1. The van der Waals surface area contributed by atoms with Crippen LogP contribution < -0.4 is 5.14 Å². The third kappa shape index (κ3) is 7.20. The van der Waals surface area contributed by atoms with Crippen LogP contribution in [0.3, 0.4) is 0 Å². The summed E-state index contributed by atoms with van der Waals surface area (Å²) in [6, 6.07) is 6.20. The lowest BCUT2D eigenvalue weighted by Gasteiger charge is -2.43. The van der Waals surface area contributed by atoms with E-state index in [0.717, 1.165) is 0 Å². The molecule has 0 saturated carbocycles. The number of amides is 1. The number of aliphatic hydroxyl groups is 1. The van der Waals surface area contributed by atoms with Crippen molar-refractivity contribution in [3.63, 3.8) is 0 Å². The average Bonchev–Trinajstić information content (AvgIpc) is 3.02. The average molecular weight is 533 g/mol. The highest BCUT2D eigenvalue weighted by molar-refractivity contribution is 8.00. The molecule has 34 heavy (non-hydrogen) atoms. The monoisotopic (exact) mass is 532 g/mol. The molecule has 0 unspecified atom stereocenters. The van der Waals surface area contributed by atoms with Crippen LogP contribution in [-0.4, -0.2) is 69.0 Å². The van der Waals surface area contributed by atoms with Gasteiger partial charge >= 0.3 is 6.09 Å². The van der Waals surface area contributed by atoms with Gasteiger partial charge in [0, 0.05) is 23.1 Å². The Morgan fingerprint density at radius 3 is 2.32 bits per heavy atom. The van der Waals surface area contributed by atoms with Crippen molar-refractivity contribution in [3.05, 3.63) is 24.3 Å². The number of hydrogen-bond acceptors (Lipinski definition) is 7. The lowest BCUT2D eigenvalue weighted by atomic mass is 10.0. The summed E-state index contributed by atoms with van der Waals surface area (Å²) in [6.07, 6.45) is -0.0632. The molecule has 3 N–H and O–H groups in total. The lowest BCUT2D eigenvalue weighted by Crippen LogP contribution is -2.53. The van der Waals surface area contributed by atoms with E-state index in [2.05, 4.69) is 33.9 Å². The molecule has 1 aliphatic rings. The van der Waals surface area contributed by atoms with E-state index in [1.165, 1.54) is 17.8 Å². The first kappa shape index (κ1) is 29.1. The molecule has 1 saturated heterocycles. The Labute approximate surface area is 209 Å². The van der Waals surface area contributed by atoms with E-state index >= 15 is 0 Å². The lowest BCUT2D eigenvalue weighted by molar-refractivity contribution is -0.00403. The molecule has 1 fully saturated rings. The highest BCUT2D eigenvalue weighted by Gasteiger charge is 2.52. The number of hydrogen-bond donors (Lipinski definition) is 2. The maximum absolute atomic E-state index is 13.1. The Morgan fingerprint density at radius 1 is 1.24 bits per heavy atom. The summed E-state index contributed by atoms with van der Waals surface area (Å²) in [5.41, 5.74) is -1.59. The summed E-state index contributed by atoms with van der Waals surface area (Å²) in [6.45, 7) is 16.0. The molecular formula is C23H40N2O6S2Si. The van der Waals surface area contributed by atoms with Crippen LogP contribution in [0.4, 0.5) is 4.79 Å². The zero-order valence-electron chi connectivity index (χ0n) is 21.5. The summed E-state index contributed by atoms with van der Waals surface area (Å²) >= 11 is 1.31. The second-order valence-electron chi connectivity index (χ2n) is 11.5. The highest BCUT2D eigenvalue weighted by atomic mass is 32.2. The SMILES string of the molecule is CC(C)(C)OC(=O)N1C[C@](CO)(O[Si](C)(C)C(C)(C)C)C[C@H]1CSc1ccccc1S(N)(=O)=O. The molecule has 11 heteroatoms. The van der Waals surface area contributed by atoms with Crippen LogP contribution in [0.15, 0.2) is 34.1 Å². The molecule has 1 aliphatic heterocycles. The standard InChI is InChI=1S/C23H40N2O6S2Si/c1-21(2,3)30-20(27)25-15-23(16-26,31-34(7,8)22(4,5)6)13-17(25)14-32-18-11-9-10-12-19(18)33(24,28)29/h9-12,17,26H,13-16H2,1-8H3,(H2,24,28,29)/t17-,23+/m0/s1. The van der Waals surface area contributed by atoms with Gasteiger partial charge in [-0.2, -0.15) is 0 Å². The summed E-state index contributed by atoms with van der Waals surface area (Å²) < 4.78 is 36.4. The smallest absolute Gasteiger partial charge is 0.410 e. The van der Waals surface area contributed by atoms with Gasteiger partial charge in [0.2, 0.25) is 10.0 Å². The summed E-state index contributed by atoms with van der Waals surface area (Å²) in [4.78, 5) is 15.3. The minimum absolute atomic E-state index is 0.0489. The molecule has 1 amide bonds. The van der Waals surface area contributed by atoms with Crippen molar-refractivity contribution in [2.45, 2.75) is 93.1 Å². The minimum atomic E-state index is -3.89. The van der Waals surface area contributed by atoms with Gasteiger partial charge < -0.3 is 19.2 Å². The molecule has 0 radical (unpaired) electrons. The van der Waals surface area contributed by atoms with Gasteiger partial charge in [-0.15, -0.1) is 11.8 Å². The van der Waals surface area contributed by atoms with Crippen molar-refractivity contribution in [2.24, 2.45) is 5.14 Å². The van der Waals surface area contributed by atoms with E-state index in [1.54, 1.807) is 43.9 Å². The number of carbonyl (C=O) groups excluding carboxylic acids is 1. The predicted molar refractivity (Wildman–Crippen MR) is 138 cm³/mol. The van der Waals surface area contributed by atoms with Gasteiger partial charge in [-0.25, -0.2) is 18.4 Å². The second-order valence-corrected chi connectivity index (χ2v) is 18.8. The van der Waals surface area contributed by atoms with Crippen molar-refractivity contribution in [1.29, 1.82) is 0 Å². The number of aliphatic hydroxyl groups excluding tert-OH is 1. The number of primary sulfonamides is 1. The van der Waals surface area contributed by atoms with Gasteiger partial charge in [0.1, 0.15) is 5.60 Å². The van der Waals surface area contributed by atoms with Gasteiger partial charge in [-0.05, 0) is 51.0 Å². The fourth-order valence-corrected chi connectivity index (χ4v) is 7.43. The van der Waals surface area contributed by atoms with E-state index in [4.69, 9.17) is 14.3 Å². The molecule has 0 aromatic heterocycles. The fourth-order valence-electron chi connectivity index (χ4n) is 3.63. The molecule has 2 atom stereocenters. The third-order valence-electron chi connectivity index (χ3n) is 6.29. The van der Waals surface area contributed by atoms with Crippen molar-refractivity contribution in [2.75, 3.05) is 18.9 Å². The molecule has 1 heterocycles. The first-order chi connectivity index (χ1) is 15.3. The van der Waals surface area contributed by atoms with Crippen molar-refractivity contribution >= 4 is 36.2 Å². The van der Waals surface area contributed by atoms with Crippen LogP contribution >= 0.6 is 11.8 Å². The minimum Gasteiger partial charge on any atom is -0.444 e.